The summed E-state index contributed by atoms with van der Waals surface area (Å²) >= 11 is 2.74. The molecule has 8 nitrogen and oxygen atoms in total. The molecule has 0 bridgehead atoms. The normalized spacial score (nSPS) is 23.6. The number of anilines is 1. The van der Waals surface area contributed by atoms with Crippen molar-refractivity contribution in [1.82, 2.24) is 15.2 Å². The molecular formula is C19H24N4O4S2. The standard InChI is InChI=1S/C19H24N4O4S2/c1-5-11-7-23-14(25)19(15(23)28-8-11,10-27-16(26)18(2,3)4)22-13(24)6-12-9-29-17(20)21-12/h5,7,9,15H,1,6,8,10H2,2-4H3,(H2,20,21)(H,22,24)/t15-,19?/m0/s1. The highest BCUT2D eigenvalue weighted by Crippen LogP contribution is 2.43. The van der Waals surface area contributed by atoms with Crippen molar-refractivity contribution >= 4 is 46.0 Å². The van der Waals surface area contributed by atoms with Gasteiger partial charge in [-0.2, -0.15) is 0 Å². The maximum Gasteiger partial charge on any atom is 0.311 e. The molecule has 2 aliphatic rings. The molecule has 2 amide bonds. The Balaban J connectivity index is 1.80. The summed E-state index contributed by atoms with van der Waals surface area (Å²) in [6, 6.07) is 0. The fraction of sp³-hybridized carbons (Fsp3) is 0.474. The van der Waals surface area contributed by atoms with Crippen LogP contribution >= 0.6 is 23.1 Å². The molecular weight excluding hydrogens is 412 g/mol. The number of allylic oxidation sites excluding steroid dienone is 1. The van der Waals surface area contributed by atoms with E-state index in [1.54, 1.807) is 43.3 Å². The number of fused-ring (bicyclic) bond motifs is 1. The Hall–Kier alpha value is -2.33. The van der Waals surface area contributed by atoms with Gasteiger partial charge < -0.3 is 20.7 Å². The van der Waals surface area contributed by atoms with E-state index < -0.39 is 16.9 Å². The van der Waals surface area contributed by atoms with E-state index >= 15 is 0 Å². The van der Waals surface area contributed by atoms with Crippen molar-refractivity contribution in [3.05, 3.63) is 35.5 Å². The molecule has 3 heterocycles. The van der Waals surface area contributed by atoms with Crippen LogP contribution in [0, 0.1) is 5.41 Å². The molecule has 0 radical (unpaired) electrons. The summed E-state index contributed by atoms with van der Waals surface area (Å²) in [5.41, 5.74) is 5.04. The highest BCUT2D eigenvalue weighted by atomic mass is 32.2. The first-order chi connectivity index (χ1) is 13.6. The monoisotopic (exact) mass is 436 g/mol. The van der Waals surface area contributed by atoms with Crippen molar-refractivity contribution in [3.63, 3.8) is 0 Å². The maximum absolute atomic E-state index is 13.0. The van der Waals surface area contributed by atoms with Gasteiger partial charge in [-0.25, -0.2) is 4.98 Å². The van der Waals surface area contributed by atoms with E-state index in [1.165, 1.54) is 23.1 Å². The number of nitrogens with two attached hydrogens (primary N) is 1. The number of β-lactam (4-membered cyclic amide) rings is 1. The molecule has 1 aromatic rings. The second-order valence-electron chi connectivity index (χ2n) is 7.98. The molecule has 10 heteroatoms. The Kier molecular flexibility index (Phi) is 5.77. The Labute approximate surface area is 177 Å². The average Bonchev–Trinajstić information content (AvgIpc) is 3.07. The van der Waals surface area contributed by atoms with E-state index in [0.717, 1.165) is 5.57 Å². The van der Waals surface area contributed by atoms with Gasteiger partial charge in [0.1, 0.15) is 12.0 Å². The van der Waals surface area contributed by atoms with E-state index in [-0.39, 0.29) is 30.2 Å². The number of carbonyl (C=O) groups excluding carboxylic acids is 3. The lowest BCUT2D eigenvalue weighted by Gasteiger charge is -2.55. The highest BCUT2D eigenvalue weighted by Gasteiger charge is 2.63. The number of rotatable bonds is 6. The van der Waals surface area contributed by atoms with Gasteiger partial charge in [0.05, 0.1) is 17.5 Å². The molecule has 1 fully saturated rings. The Bertz CT molecular complexity index is 889. The van der Waals surface area contributed by atoms with Crippen molar-refractivity contribution in [3.8, 4) is 0 Å². The molecule has 0 aliphatic carbocycles. The summed E-state index contributed by atoms with van der Waals surface area (Å²) in [7, 11) is 0. The summed E-state index contributed by atoms with van der Waals surface area (Å²) in [5, 5.41) is 4.52. The SMILES string of the molecule is C=CC1=CN2C(=O)C(COC(=O)C(C)(C)C)(NC(=O)Cc3csc(N)n3)[C@@H]2SC1. The molecule has 1 aromatic heterocycles. The van der Waals surface area contributed by atoms with Gasteiger partial charge in [0.2, 0.25) is 5.91 Å². The predicted molar refractivity (Wildman–Crippen MR) is 113 cm³/mol. The Morgan fingerprint density at radius 3 is 2.83 bits per heavy atom. The molecule has 1 saturated heterocycles. The van der Waals surface area contributed by atoms with Crippen molar-refractivity contribution < 1.29 is 19.1 Å². The van der Waals surface area contributed by atoms with E-state index in [2.05, 4.69) is 16.9 Å². The quantitative estimate of drug-likeness (QED) is 0.515. The second kappa shape index (κ2) is 7.83. The molecule has 0 aromatic carbocycles. The molecule has 0 saturated carbocycles. The van der Waals surface area contributed by atoms with Crippen LogP contribution in [0.15, 0.2) is 29.8 Å². The van der Waals surface area contributed by atoms with Gasteiger partial charge in [0.15, 0.2) is 10.7 Å². The van der Waals surface area contributed by atoms with Crippen LogP contribution in [0.5, 0.6) is 0 Å². The first kappa shape index (κ1) is 21.4. The Morgan fingerprint density at radius 2 is 2.24 bits per heavy atom. The number of carbonyl (C=O) groups is 3. The van der Waals surface area contributed by atoms with Crippen molar-refractivity contribution in [2.24, 2.45) is 5.41 Å². The first-order valence-corrected chi connectivity index (χ1v) is 11.0. The number of hydrogen-bond acceptors (Lipinski definition) is 8. The van der Waals surface area contributed by atoms with Crippen LogP contribution in [0.4, 0.5) is 5.13 Å². The second-order valence-corrected chi connectivity index (χ2v) is 9.94. The van der Waals surface area contributed by atoms with E-state index in [0.29, 0.717) is 16.6 Å². The molecule has 156 valence electrons. The zero-order valence-corrected chi connectivity index (χ0v) is 18.2. The number of nitrogens with zero attached hydrogens (tertiary/aromatic N) is 2. The van der Waals surface area contributed by atoms with Crippen LogP contribution < -0.4 is 11.1 Å². The van der Waals surface area contributed by atoms with Crippen LogP contribution in [-0.4, -0.2) is 50.9 Å². The van der Waals surface area contributed by atoms with E-state index in [9.17, 15) is 14.4 Å². The molecule has 3 N–H and O–H groups in total. The minimum absolute atomic E-state index is 0.0128. The smallest absolute Gasteiger partial charge is 0.311 e. The number of nitrogen functional groups attached to an aromatic ring is 1. The van der Waals surface area contributed by atoms with Crippen molar-refractivity contribution in [1.29, 1.82) is 0 Å². The number of hydrogen-bond donors (Lipinski definition) is 2. The van der Waals surface area contributed by atoms with Crippen molar-refractivity contribution in [2.75, 3.05) is 18.1 Å². The summed E-state index contributed by atoms with van der Waals surface area (Å²) in [5.74, 6) is -0.491. The van der Waals surface area contributed by atoms with Crippen LogP contribution in [0.25, 0.3) is 0 Å². The van der Waals surface area contributed by atoms with Gasteiger partial charge in [-0.05, 0) is 26.3 Å². The molecule has 2 atom stereocenters. The molecule has 1 unspecified atom stereocenters. The zero-order valence-electron chi connectivity index (χ0n) is 16.6. The number of aromatic nitrogens is 1. The fourth-order valence-electron chi connectivity index (χ4n) is 3.01. The summed E-state index contributed by atoms with van der Waals surface area (Å²) in [6.07, 6.45) is 3.41. The third-order valence-corrected chi connectivity index (χ3v) is 6.75. The van der Waals surface area contributed by atoms with E-state index in [1.807, 2.05) is 0 Å². The number of nitrogens with one attached hydrogen (secondary N) is 1. The number of ether oxygens (including phenoxy) is 1. The predicted octanol–water partition coefficient (Wildman–Crippen LogP) is 1.70. The average molecular weight is 437 g/mol. The van der Waals surface area contributed by atoms with Crippen LogP contribution in [0.3, 0.4) is 0 Å². The minimum atomic E-state index is -1.31. The van der Waals surface area contributed by atoms with Crippen LogP contribution in [-0.2, 0) is 25.5 Å². The van der Waals surface area contributed by atoms with Gasteiger partial charge in [-0.15, -0.1) is 23.1 Å². The number of amides is 2. The number of thiazole rings is 1. The van der Waals surface area contributed by atoms with Gasteiger partial charge in [0, 0.05) is 17.3 Å². The minimum Gasteiger partial charge on any atom is -0.462 e. The summed E-state index contributed by atoms with van der Waals surface area (Å²) < 4.78 is 5.45. The van der Waals surface area contributed by atoms with Gasteiger partial charge in [-0.1, -0.05) is 12.7 Å². The van der Waals surface area contributed by atoms with Crippen LogP contribution in [0.1, 0.15) is 26.5 Å². The lowest BCUT2D eigenvalue weighted by Crippen LogP contribution is -2.80. The first-order valence-electron chi connectivity index (χ1n) is 9.02. The van der Waals surface area contributed by atoms with Gasteiger partial charge >= 0.3 is 5.97 Å². The topological polar surface area (TPSA) is 115 Å². The zero-order chi connectivity index (χ0) is 21.4. The van der Waals surface area contributed by atoms with Crippen LogP contribution in [0.2, 0.25) is 0 Å². The third kappa shape index (κ3) is 4.18. The highest BCUT2D eigenvalue weighted by molar-refractivity contribution is 8.00. The lowest BCUT2D eigenvalue weighted by atomic mass is 9.87. The summed E-state index contributed by atoms with van der Waals surface area (Å²) in [6.45, 7) is 8.71. The lowest BCUT2D eigenvalue weighted by molar-refractivity contribution is -0.168. The Morgan fingerprint density at radius 1 is 1.52 bits per heavy atom. The molecule has 29 heavy (non-hydrogen) atoms. The molecule has 3 rings (SSSR count). The largest absolute Gasteiger partial charge is 0.462 e. The number of thioether (sulfide) groups is 1. The van der Waals surface area contributed by atoms with Gasteiger partial charge in [-0.3, -0.25) is 14.4 Å². The number of esters is 1. The maximum atomic E-state index is 13.0. The fourth-order valence-corrected chi connectivity index (χ4v) is 4.94. The third-order valence-electron chi connectivity index (χ3n) is 4.58. The summed E-state index contributed by atoms with van der Waals surface area (Å²) in [4.78, 5) is 43.6. The van der Waals surface area contributed by atoms with Gasteiger partial charge in [0.25, 0.3) is 5.91 Å². The molecule has 2 aliphatic heterocycles. The molecule has 0 spiro atoms. The van der Waals surface area contributed by atoms with E-state index in [4.69, 9.17) is 10.5 Å². The van der Waals surface area contributed by atoms with Crippen molar-refractivity contribution in [2.45, 2.75) is 38.1 Å².